The first kappa shape index (κ1) is 16.1. The van der Waals surface area contributed by atoms with Crippen LogP contribution in [0.5, 0.6) is 0 Å². The molecule has 0 radical (unpaired) electrons. The molecule has 0 heterocycles. The van der Waals surface area contributed by atoms with Crippen LogP contribution in [-0.4, -0.2) is 12.4 Å². The summed E-state index contributed by atoms with van der Waals surface area (Å²) in [6.45, 7) is 5.15. The molecule has 0 saturated heterocycles. The van der Waals surface area contributed by atoms with E-state index < -0.39 is 0 Å². The topological polar surface area (TPSA) is 9.23 Å². The molecule has 1 nitrogen and oxygen atoms in total. The fourth-order valence-corrected chi connectivity index (χ4v) is 3.05. The first-order chi connectivity index (χ1) is 10.3. The molecule has 1 unspecified atom stereocenters. The third-order valence-corrected chi connectivity index (χ3v) is 4.49. The van der Waals surface area contributed by atoms with Gasteiger partial charge in [-0.05, 0) is 31.0 Å². The summed E-state index contributed by atoms with van der Waals surface area (Å²) in [5.41, 5.74) is 2.58. The SMILES string of the molecule is CCCCOC(CSc1ccc(C)cc1)c1ccccc1. The van der Waals surface area contributed by atoms with Crippen molar-refractivity contribution in [3.8, 4) is 0 Å². The summed E-state index contributed by atoms with van der Waals surface area (Å²) in [6, 6.07) is 19.3. The highest BCUT2D eigenvalue weighted by Crippen LogP contribution is 2.27. The zero-order valence-corrected chi connectivity index (χ0v) is 13.7. The Morgan fingerprint density at radius 2 is 1.71 bits per heavy atom. The lowest BCUT2D eigenvalue weighted by atomic mass is 10.1. The number of rotatable bonds is 8. The van der Waals surface area contributed by atoms with Crippen molar-refractivity contribution >= 4 is 11.8 Å². The molecule has 0 N–H and O–H groups in total. The van der Waals surface area contributed by atoms with Crippen molar-refractivity contribution in [3.63, 3.8) is 0 Å². The molecule has 0 bridgehead atoms. The Kier molecular flexibility index (Phi) is 6.84. The Labute approximate surface area is 132 Å². The molecule has 1 atom stereocenters. The van der Waals surface area contributed by atoms with E-state index in [1.807, 2.05) is 11.8 Å². The van der Waals surface area contributed by atoms with Crippen LogP contribution in [0.2, 0.25) is 0 Å². The smallest absolute Gasteiger partial charge is 0.0918 e. The average Bonchev–Trinajstić information content (AvgIpc) is 2.53. The highest BCUT2D eigenvalue weighted by Gasteiger charge is 2.12. The number of ether oxygens (including phenoxy) is 1. The minimum Gasteiger partial charge on any atom is -0.373 e. The molecule has 0 fully saturated rings. The van der Waals surface area contributed by atoms with Crippen LogP contribution >= 0.6 is 11.8 Å². The van der Waals surface area contributed by atoms with Crippen LogP contribution in [0.1, 0.15) is 37.0 Å². The van der Waals surface area contributed by atoms with Crippen LogP contribution < -0.4 is 0 Å². The first-order valence-electron chi connectivity index (χ1n) is 7.65. The number of benzene rings is 2. The van der Waals surface area contributed by atoms with Gasteiger partial charge in [0.25, 0.3) is 0 Å². The summed E-state index contributed by atoms with van der Waals surface area (Å²) in [4.78, 5) is 1.31. The van der Waals surface area contributed by atoms with Gasteiger partial charge in [0.1, 0.15) is 0 Å². The van der Waals surface area contributed by atoms with Gasteiger partial charge in [0.05, 0.1) is 6.10 Å². The molecule has 0 saturated carbocycles. The van der Waals surface area contributed by atoms with Crippen molar-refractivity contribution < 1.29 is 4.74 Å². The summed E-state index contributed by atoms with van der Waals surface area (Å²) < 4.78 is 6.09. The molecule has 0 aliphatic heterocycles. The molecule has 2 aromatic rings. The summed E-state index contributed by atoms with van der Waals surface area (Å²) >= 11 is 1.87. The highest BCUT2D eigenvalue weighted by molar-refractivity contribution is 7.99. The summed E-state index contributed by atoms with van der Waals surface area (Å²) in [5, 5.41) is 0. The number of hydrogen-bond donors (Lipinski definition) is 0. The van der Waals surface area contributed by atoms with Crippen LogP contribution in [0.4, 0.5) is 0 Å². The van der Waals surface area contributed by atoms with E-state index in [0.29, 0.717) is 0 Å². The number of aryl methyl sites for hydroxylation is 1. The Morgan fingerprint density at radius 1 is 1.00 bits per heavy atom. The molecule has 0 aliphatic rings. The minimum atomic E-state index is 0.170. The lowest BCUT2D eigenvalue weighted by Gasteiger charge is -2.18. The normalized spacial score (nSPS) is 12.3. The summed E-state index contributed by atoms with van der Waals surface area (Å²) in [5.74, 6) is 0.955. The number of hydrogen-bond acceptors (Lipinski definition) is 2. The monoisotopic (exact) mass is 300 g/mol. The van der Waals surface area contributed by atoms with Gasteiger partial charge in [-0.1, -0.05) is 61.4 Å². The lowest BCUT2D eigenvalue weighted by Crippen LogP contribution is -2.08. The van der Waals surface area contributed by atoms with Gasteiger partial charge in [-0.15, -0.1) is 11.8 Å². The third-order valence-electron chi connectivity index (χ3n) is 3.41. The van der Waals surface area contributed by atoms with Crippen molar-refractivity contribution in [3.05, 3.63) is 65.7 Å². The van der Waals surface area contributed by atoms with E-state index in [4.69, 9.17) is 4.74 Å². The first-order valence-corrected chi connectivity index (χ1v) is 8.64. The van der Waals surface area contributed by atoms with E-state index >= 15 is 0 Å². The molecule has 0 aliphatic carbocycles. The lowest BCUT2D eigenvalue weighted by molar-refractivity contribution is 0.0669. The second-order valence-electron chi connectivity index (χ2n) is 5.25. The van der Waals surface area contributed by atoms with E-state index in [1.165, 1.54) is 22.4 Å². The minimum absolute atomic E-state index is 0.170. The fourth-order valence-electron chi connectivity index (χ4n) is 2.08. The van der Waals surface area contributed by atoms with Crippen molar-refractivity contribution in [2.75, 3.05) is 12.4 Å². The van der Waals surface area contributed by atoms with E-state index in [0.717, 1.165) is 18.8 Å². The predicted molar refractivity (Wildman–Crippen MR) is 91.9 cm³/mol. The van der Waals surface area contributed by atoms with Gasteiger partial charge in [-0.25, -0.2) is 0 Å². The van der Waals surface area contributed by atoms with Gasteiger partial charge in [0.2, 0.25) is 0 Å². The predicted octanol–water partition coefficient (Wildman–Crippen LogP) is 5.65. The highest BCUT2D eigenvalue weighted by atomic mass is 32.2. The number of thioether (sulfide) groups is 1. The van der Waals surface area contributed by atoms with Crippen LogP contribution in [0.25, 0.3) is 0 Å². The summed E-state index contributed by atoms with van der Waals surface area (Å²) in [7, 11) is 0. The Balaban J connectivity index is 1.96. The zero-order valence-electron chi connectivity index (χ0n) is 12.9. The largest absolute Gasteiger partial charge is 0.373 e. The van der Waals surface area contributed by atoms with Gasteiger partial charge in [0, 0.05) is 17.3 Å². The van der Waals surface area contributed by atoms with E-state index in [2.05, 4.69) is 68.4 Å². The second kappa shape index (κ2) is 8.91. The molecule has 2 heteroatoms. The van der Waals surface area contributed by atoms with Gasteiger partial charge in [-0.2, -0.15) is 0 Å². The van der Waals surface area contributed by atoms with E-state index in [1.54, 1.807) is 0 Å². The van der Waals surface area contributed by atoms with Gasteiger partial charge in [-0.3, -0.25) is 0 Å². The third kappa shape index (κ3) is 5.56. The Hall–Kier alpha value is -1.25. The van der Waals surface area contributed by atoms with E-state index in [-0.39, 0.29) is 6.10 Å². The van der Waals surface area contributed by atoms with E-state index in [9.17, 15) is 0 Å². The maximum absolute atomic E-state index is 6.09. The quantitative estimate of drug-likeness (QED) is 0.460. The molecule has 0 aromatic heterocycles. The average molecular weight is 300 g/mol. The molecular formula is C19H24OS. The van der Waals surface area contributed by atoms with Crippen molar-refractivity contribution in [1.82, 2.24) is 0 Å². The van der Waals surface area contributed by atoms with Crippen molar-refractivity contribution in [1.29, 1.82) is 0 Å². The maximum atomic E-state index is 6.09. The standard InChI is InChI=1S/C19H24OS/c1-3-4-14-20-19(17-8-6-5-7-9-17)15-21-18-12-10-16(2)11-13-18/h5-13,19H,3-4,14-15H2,1-2H3. The van der Waals surface area contributed by atoms with Crippen LogP contribution in [-0.2, 0) is 4.74 Å². The molecule has 112 valence electrons. The Bertz CT molecular complexity index is 507. The number of unbranched alkanes of at least 4 members (excludes halogenated alkanes) is 1. The Morgan fingerprint density at radius 3 is 2.38 bits per heavy atom. The molecular weight excluding hydrogens is 276 g/mol. The van der Waals surface area contributed by atoms with Gasteiger partial charge in [0.15, 0.2) is 0 Å². The maximum Gasteiger partial charge on any atom is 0.0918 e. The molecule has 21 heavy (non-hydrogen) atoms. The van der Waals surface area contributed by atoms with Crippen molar-refractivity contribution in [2.24, 2.45) is 0 Å². The van der Waals surface area contributed by atoms with Crippen LogP contribution in [0.15, 0.2) is 59.5 Å². The molecule has 2 aromatic carbocycles. The second-order valence-corrected chi connectivity index (χ2v) is 6.34. The fraction of sp³-hybridized carbons (Fsp3) is 0.368. The van der Waals surface area contributed by atoms with Gasteiger partial charge >= 0.3 is 0 Å². The zero-order chi connectivity index (χ0) is 14.9. The van der Waals surface area contributed by atoms with Crippen molar-refractivity contribution in [2.45, 2.75) is 37.7 Å². The molecule has 2 rings (SSSR count). The van der Waals surface area contributed by atoms with Gasteiger partial charge < -0.3 is 4.74 Å². The molecule has 0 spiro atoms. The molecule has 0 amide bonds. The van der Waals surface area contributed by atoms with Crippen LogP contribution in [0, 0.1) is 6.92 Å². The van der Waals surface area contributed by atoms with Crippen LogP contribution in [0.3, 0.4) is 0 Å². The summed E-state index contributed by atoms with van der Waals surface area (Å²) in [6.07, 6.45) is 2.47.